The molecule has 0 saturated carbocycles. The van der Waals surface area contributed by atoms with Gasteiger partial charge in [-0.3, -0.25) is 9.59 Å². The van der Waals surface area contributed by atoms with Gasteiger partial charge < -0.3 is 11.1 Å². The van der Waals surface area contributed by atoms with Gasteiger partial charge in [-0.05, 0) is 42.9 Å². The number of thiophene rings is 1. The standard InChI is InChI=1S/C19H22N2O2S2/c1-12-7-8-14-15(11-12)25-19(17(14)18(20)23)21-16(22)9-10-24-13-5-3-2-4-6-13/h2-6,12H,7-11H2,1H3,(H2,20,23)(H,21,22)/t12-/m1/s1. The Morgan fingerprint density at radius 2 is 2.08 bits per heavy atom. The van der Waals surface area contributed by atoms with Crippen LogP contribution in [0.5, 0.6) is 0 Å². The molecule has 6 heteroatoms. The first-order valence-corrected chi connectivity index (χ1v) is 10.3. The minimum Gasteiger partial charge on any atom is -0.365 e. The lowest BCUT2D eigenvalue weighted by Gasteiger charge is -2.18. The first-order chi connectivity index (χ1) is 12.0. The topological polar surface area (TPSA) is 72.2 Å². The highest BCUT2D eigenvalue weighted by Gasteiger charge is 2.27. The fourth-order valence-corrected chi connectivity index (χ4v) is 5.37. The number of carbonyl (C=O) groups is 2. The highest BCUT2D eigenvalue weighted by atomic mass is 32.2. The van der Waals surface area contributed by atoms with E-state index in [1.54, 1.807) is 11.8 Å². The number of anilines is 1. The van der Waals surface area contributed by atoms with E-state index in [4.69, 9.17) is 5.73 Å². The lowest BCUT2D eigenvalue weighted by molar-refractivity contribution is -0.115. The summed E-state index contributed by atoms with van der Waals surface area (Å²) >= 11 is 3.16. The van der Waals surface area contributed by atoms with Crippen molar-refractivity contribution in [2.24, 2.45) is 11.7 Å². The van der Waals surface area contributed by atoms with Crippen LogP contribution >= 0.6 is 23.1 Å². The smallest absolute Gasteiger partial charge is 0.251 e. The van der Waals surface area contributed by atoms with Crippen molar-refractivity contribution in [3.63, 3.8) is 0 Å². The molecule has 1 aromatic heterocycles. The molecule has 3 N–H and O–H groups in total. The number of benzene rings is 1. The van der Waals surface area contributed by atoms with Gasteiger partial charge in [0.25, 0.3) is 5.91 Å². The lowest BCUT2D eigenvalue weighted by atomic mass is 9.88. The number of nitrogens with one attached hydrogen (secondary N) is 1. The molecule has 0 spiro atoms. The van der Waals surface area contributed by atoms with Crippen molar-refractivity contribution in [3.05, 3.63) is 46.3 Å². The minimum absolute atomic E-state index is 0.0717. The Balaban J connectivity index is 1.64. The SMILES string of the molecule is C[C@@H]1CCc2c(sc(NC(=O)CCSc3ccccc3)c2C(N)=O)C1. The quantitative estimate of drug-likeness (QED) is 0.748. The third-order valence-electron chi connectivity index (χ3n) is 4.35. The Morgan fingerprint density at radius 3 is 2.80 bits per heavy atom. The monoisotopic (exact) mass is 374 g/mol. The Hall–Kier alpha value is -1.79. The van der Waals surface area contributed by atoms with Crippen molar-refractivity contribution in [2.75, 3.05) is 11.1 Å². The summed E-state index contributed by atoms with van der Waals surface area (Å²) in [6, 6.07) is 10.0. The summed E-state index contributed by atoms with van der Waals surface area (Å²) in [7, 11) is 0. The molecule has 0 aliphatic heterocycles. The molecule has 1 aliphatic rings. The molecule has 1 aromatic carbocycles. The van der Waals surface area contributed by atoms with Gasteiger partial charge >= 0.3 is 0 Å². The van der Waals surface area contributed by atoms with Gasteiger partial charge in [0.05, 0.1) is 5.56 Å². The van der Waals surface area contributed by atoms with Crippen molar-refractivity contribution in [1.29, 1.82) is 0 Å². The molecule has 0 bridgehead atoms. The normalized spacial score (nSPS) is 16.3. The number of rotatable bonds is 6. The second-order valence-corrected chi connectivity index (χ2v) is 8.65. The fourth-order valence-electron chi connectivity index (χ4n) is 3.07. The molecule has 3 rings (SSSR count). The second kappa shape index (κ2) is 8.06. The molecule has 132 valence electrons. The van der Waals surface area contributed by atoms with Crippen LogP contribution in [0.4, 0.5) is 5.00 Å². The number of hydrogen-bond donors (Lipinski definition) is 2. The number of primary amides is 1. The molecule has 1 heterocycles. The van der Waals surface area contributed by atoms with E-state index in [0.29, 0.717) is 28.7 Å². The molecule has 0 fully saturated rings. The van der Waals surface area contributed by atoms with Crippen LogP contribution in [0.3, 0.4) is 0 Å². The molecular weight excluding hydrogens is 352 g/mol. The van der Waals surface area contributed by atoms with E-state index in [1.807, 2.05) is 30.3 Å². The third kappa shape index (κ3) is 4.44. The molecule has 2 amide bonds. The maximum Gasteiger partial charge on any atom is 0.251 e. The van der Waals surface area contributed by atoms with Crippen LogP contribution in [-0.4, -0.2) is 17.6 Å². The summed E-state index contributed by atoms with van der Waals surface area (Å²) in [4.78, 5) is 26.5. The highest BCUT2D eigenvalue weighted by molar-refractivity contribution is 7.99. The van der Waals surface area contributed by atoms with Crippen LogP contribution in [0.2, 0.25) is 0 Å². The Kier molecular flexibility index (Phi) is 5.81. The van der Waals surface area contributed by atoms with E-state index in [9.17, 15) is 9.59 Å². The van der Waals surface area contributed by atoms with Crippen LogP contribution in [0.1, 0.15) is 40.6 Å². The van der Waals surface area contributed by atoms with Gasteiger partial charge in [0.15, 0.2) is 0 Å². The Morgan fingerprint density at radius 1 is 1.32 bits per heavy atom. The minimum atomic E-state index is -0.444. The molecule has 0 radical (unpaired) electrons. The van der Waals surface area contributed by atoms with Crippen LogP contribution < -0.4 is 11.1 Å². The highest BCUT2D eigenvalue weighted by Crippen LogP contribution is 2.39. The Bertz CT molecular complexity index is 771. The largest absolute Gasteiger partial charge is 0.365 e. The van der Waals surface area contributed by atoms with Crippen LogP contribution in [0.25, 0.3) is 0 Å². The number of hydrogen-bond acceptors (Lipinski definition) is 4. The van der Waals surface area contributed by atoms with Crippen LogP contribution in [-0.2, 0) is 17.6 Å². The average Bonchev–Trinajstić information content (AvgIpc) is 2.92. The number of carbonyl (C=O) groups excluding carboxylic acids is 2. The van der Waals surface area contributed by atoms with Crippen molar-refractivity contribution in [2.45, 2.75) is 37.5 Å². The zero-order valence-corrected chi connectivity index (χ0v) is 15.8. The van der Waals surface area contributed by atoms with E-state index < -0.39 is 5.91 Å². The van der Waals surface area contributed by atoms with E-state index in [-0.39, 0.29) is 5.91 Å². The zero-order valence-electron chi connectivity index (χ0n) is 14.2. The van der Waals surface area contributed by atoms with E-state index in [2.05, 4.69) is 12.2 Å². The van der Waals surface area contributed by atoms with Gasteiger partial charge in [-0.25, -0.2) is 0 Å². The summed E-state index contributed by atoms with van der Waals surface area (Å²) in [6.07, 6.45) is 3.28. The summed E-state index contributed by atoms with van der Waals surface area (Å²) < 4.78 is 0. The van der Waals surface area contributed by atoms with Crippen molar-refractivity contribution >= 4 is 39.9 Å². The van der Waals surface area contributed by atoms with Crippen molar-refractivity contribution in [1.82, 2.24) is 0 Å². The van der Waals surface area contributed by atoms with E-state index >= 15 is 0 Å². The molecule has 1 aliphatic carbocycles. The molecule has 2 aromatic rings. The first-order valence-electron chi connectivity index (χ1n) is 8.46. The van der Waals surface area contributed by atoms with Gasteiger partial charge in [-0.2, -0.15) is 0 Å². The fraction of sp³-hybridized carbons (Fsp3) is 0.368. The van der Waals surface area contributed by atoms with Crippen molar-refractivity contribution < 1.29 is 9.59 Å². The van der Waals surface area contributed by atoms with Crippen molar-refractivity contribution in [3.8, 4) is 0 Å². The maximum atomic E-state index is 12.3. The maximum absolute atomic E-state index is 12.3. The second-order valence-electron chi connectivity index (χ2n) is 6.38. The Labute approximate surface area is 156 Å². The van der Waals surface area contributed by atoms with Gasteiger partial charge in [0.1, 0.15) is 5.00 Å². The first kappa shape index (κ1) is 18.0. The summed E-state index contributed by atoms with van der Waals surface area (Å²) in [5.41, 5.74) is 7.15. The summed E-state index contributed by atoms with van der Waals surface area (Å²) in [6.45, 7) is 2.21. The molecule has 1 atom stereocenters. The predicted molar refractivity (Wildman–Crippen MR) is 104 cm³/mol. The number of amides is 2. The summed E-state index contributed by atoms with van der Waals surface area (Å²) in [5, 5.41) is 3.54. The van der Waals surface area contributed by atoms with Crippen LogP contribution in [0, 0.1) is 5.92 Å². The number of thioether (sulfide) groups is 1. The van der Waals surface area contributed by atoms with Gasteiger partial charge in [-0.1, -0.05) is 25.1 Å². The molecule has 25 heavy (non-hydrogen) atoms. The predicted octanol–water partition coefficient (Wildman–Crippen LogP) is 4.09. The number of nitrogens with two attached hydrogens (primary N) is 1. The molecule has 4 nitrogen and oxygen atoms in total. The van der Waals surface area contributed by atoms with E-state index in [1.165, 1.54) is 16.2 Å². The summed E-state index contributed by atoms with van der Waals surface area (Å²) in [5.74, 6) is 0.792. The lowest BCUT2D eigenvalue weighted by Crippen LogP contribution is -2.19. The van der Waals surface area contributed by atoms with Crippen LogP contribution in [0.15, 0.2) is 35.2 Å². The average molecular weight is 375 g/mol. The van der Waals surface area contributed by atoms with Gasteiger partial charge in [0, 0.05) is 21.9 Å². The molecule has 0 unspecified atom stereocenters. The number of fused-ring (bicyclic) bond motifs is 1. The van der Waals surface area contributed by atoms with Gasteiger partial charge in [0.2, 0.25) is 5.91 Å². The molecule has 0 saturated heterocycles. The third-order valence-corrected chi connectivity index (χ3v) is 6.54. The van der Waals surface area contributed by atoms with E-state index in [0.717, 1.165) is 29.7 Å². The van der Waals surface area contributed by atoms with Gasteiger partial charge in [-0.15, -0.1) is 23.1 Å². The zero-order chi connectivity index (χ0) is 17.8. The molecular formula is C19H22N2O2S2.